The summed E-state index contributed by atoms with van der Waals surface area (Å²) >= 11 is 0. The predicted octanol–water partition coefficient (Wildman–Crippen LogP) is -6.22. The molecule has 1 saturated heterocycles. The summed E-state index contributed by atoms with van der Waals surface area (Å²) in [5.41, 5.74) is 0. The second-order valence-electron chi connectivity index (χ2n) is 4.87. The molecule has 1 heterocycles. The second kappa shape index (κ2) is 7.19. The normalized spacial score (nSPS) is 44.9. The van der Waals surface area contributed by atoms with Gasteiger partial charge in [0.05, 0.1) is 0 Å². The number of ketones is 1. The molecule has 8 N–H and O–H groups in total. The smallest absolute Gasteiger partial charge is 0.252 e. The van der Waals surface area contributed by atoms with Gasteiger partial charge in [-0.3, -0.25) is 9.59 Å². The molecule has 0 spiro atoms. The van der Waals surface area contributed by atoms with E-state index < -0.39 is 60.5 Å². The zero-order chi connectivity index (χ0) is 17.2. The number of hydrogen-bond donors (Lipinski definition) is 8. The molecule has 11 heteroatoms. The van der Waals surface area contributed by atoms with E-state index in [2.05, 4.69) is 0 Å². The molecule has 0 bridgehead atoms. The average molecular weight is 323 g/mol. The van der Waals surface area contributed by atoms with E-state index in [4.69, 9.17) is 0 Å². The van der Waals surface area contributed by atoms with Crippen molar-refractivity contribution >= 4 is 18.0 Å². The Morgan fingerprint density at radius 2 is 1.14 bits per heavy atom. The van der Waals surface area contributed by atoms with Crippen molar-refractivity contribution in [2.75, 3.05) is 0 Å². The van der Waals surface area contributed by atoms with Gasteiger partial charge in [0.1, 0.15) is 49.0 Å². The molecule has 11 nitrogen and oxygen atoms in total. The van der Waals surface area contributed by atoms with Crippen LogP contribution in [0.1, 0.15) is 0 Å². The van der Waals surface area contributed by atoms with E-state index in [0.717, 1.165) is 0 Å². The van der Waals surface area contributed by atoms with Gasteiger partial charge in [-0.05, 0) is 0 Å². The highest BCUT2D eigenvalue weighted by molar-refractivity contribution is 6.03. The second-order valence-corrected chi connectivity index (χ2v) is 4.87. The summed E-state index contributed by atoms with van der Waals surface area (Å²) in [6, 6.07) is -1.97. The Kier molecular flexibility index (Phi) is 6.08. The van der Waals surface area contributed by atoms with E-state index in [-0.39, 0.29) is 6.29 Å². The number of hydrogen-bond acceptors (Lipinski definition) is 10. The highest BCUT2D eigenvalue weighted by atomic mass is 16.4. The van der Waals surface area contributed by atoms with Crippen LogP contribution in [0.4, 0.5) is 0 Å². The van der Waals surface area contributed by atoms with Crippen LogP contribution in [0, 0.1) is 0 Å². The Hall–Kier alpha value is -1.47. The van der Waals surface area contributed by atoms with Gasteiger partial charge in [0, 0.05) is 0 Å². The van der Waals surface area contributed by atoms with Crippen LogP contribution in [0.5, 0.6) is 0 Å². The number of Topliss-reactive ketones (excluding diaryl/α,β-unsaturated/α-hetero) is 1. The summed E-state index contributed by atoms with van der Waals surface area (Å²) in [5.74, 6) is -2.86. The van der Waals surface area contributed by atoms with Crippen molar-refractivity contribution < 1.29 is 50.1 Å². The van der Waals surface area contributed by atoms with Crippen LogP contribution in [0.2, 0.25) is 0 Å². The van der Waals surface area contributed by atoms with Crippen LogP contribution in [0.25, 0.3) is 0 Å². The van der Waals surface area contributed by atoms with Crippen molar-refractivity contribution in [3.8, 4) is 0 Å². The summed E-state index contributed by atoms with van der Waals surface area (Å²) in [6.45, 7) is 0. The molecule has 0 saturated carbocycles. The lowest BCUT2D eigenvalue weighted by molar-refractivity contribution is -0.171. The molecule has 0 aliphatic carbocycles. The molecular formula is C11H17NO10. The van der Waals surface area contributed by atoms with Gasteiger partial charge < -0.3 is 45.9 Å². The Morgan fingerprint density at radius 1 is 0.727 bits per heavy atom. The van der Waals surface area contributed by atoms with E-state index in [0.29, 0.717) is 0 Å². The van der Waals surface area contributed by atoms with Gasteiger partial charge in [-0.25, -0.2) is 0 Å². The first-order valence-corrected chi connectivity index (χ1v) is 6.19. The number of nitrogens with one attached hydrogen (secondary N) is 1. The number of carbonyl (C=O) groups is 3. The van der Waals surface area contributed by atoms with Crippen LogP contribution in [-0.2, 0) is 14.4 Å². The average Bonchev–Trinajstić information content (AvgIpc) is 2.53. The minimum absolute atomic E-state index is 0.105. The maximum absolute atomic E-state index is 11.7. The third-order valence-electron chi connectivity index (χ3n) is 3.35. The zero-order valence-corrected chi connectivity index (χ0v) is 11.1. The Bertz CT molecular complexity index is 443. The van der Waals surface area contributed by atoms with Crippen LogP contribution in [0.15, 0.2) is 0 Å². The van der Waals surface area contributed by atoms with E-state index >= 15 is 0 Å². The maximum Gasteiger partial charge on any atom is 0.252 e. The number of carbonyl (C=O) groups excluding carboxylic acids is 3. The number of amides is 1. The summed E-state index contributed by atoms with van der Waals surface area (Å²) < 4.78 is 0. The van der Waals surface area contributed by atoms with Gasteiger partial charge in [-0.15, -0.1) is 0 Å². The van der Waals surface area contributed by atoms with E-state index in [1.807, 2.05) is 0 Å². The third-order valence-corrected chi connectivity index (χ3v) is 3.35. The fraction of sp³-hybridized carbons (Fsp3) is 0.727. The van der Waals surface area contributed by atoms with E-state index in [1.165, 1.54) is 0 Å². The predicted molar refractivity (Wildman–Crippen MR) is 65.0 cm³/mol. The van der Waals surface area contributed by atoms with Gasteiger partial charge in [-0.1, -0.05) is 0 Å². The number of rotatable bonds is 1. The molecule has 8 atom stereocenters. The molecule has 1 amide bonds. The van der Waals surface area contributed by atoms with Crippen LogP contribution >= 0.6 is 0 Å². The first-order valence-electron chi connectivity index (χ1n) is 6.19. The lowest BCUT2D eigenvalue weighted by atomic mass is 9.93. The summed E-state index contributed by atoms with van der Waals surface area (Å²) in [4.78, 5) is 34.1. The molecule has 0 aromatic rings. The van der Waals surface area contributed by atoms with Crippen LogP contribution < -0.4 is 5.32 Å². The lowest BCUT2D eigenvalue weighted by Crippen LogP contribution is -2.56. The van der Waals surface area contributed by atoms with Gasteiger partial charge in [0.15, 0.2) is 11.9 Å². The third kappa shape index (κ3) is 3.47. The summed E-state index contributed by atoms with van der Waals surface area (Å²) in [6.07, 6.45) is -16.3. The van der Waals surface area contributed by atoms with Crippen LogP contribution in [0.3, 0.4) is 0 Å². The fourth-order valence-corrected chi connectivity index (χ4v) is 1.90. The zero-order valence-electron chi connectivity index (χ0n) is 11.1. The molecule has 1 aliphatic rings. The Morgan fingerprint density at radius 3 is 1.59 bits per heavy atom. The molecule has 0 aromatic heterocycles. The standard InChI is InChI=1S/C11H17NO10/c13-1-2-3(14)4(15)5(16)6(17)7(18)8(19)9(20)10(21)11(22)12-2/h1-2,4-10,15-21H,(H,12,22)/t2-,4?,5?,6?,7?,8?,9?,10?/m1/s1. The number of aliphatic hydroxyl groups excluding tert-OH is 7. The quantitative estimate of drug-likeness (QED) is 0.169. The minimum atomic E-state index is -2.38. The van der Waals surface area contributed by atoms with E-state index in [9.17, 15) is 50.1 Å². The highest BCUT2D eigenvalue weighted by Gasteiger charge is 2.45. The first kappa shape index (κ1) is 18.6. The lowest BCUT2D eigenvalue weighted by Gasteiger charge is -2.30. The molecule has 1 fully saturated rings. The molecule has 126 valence electrons. The van der Waals surface area contributed by atoms with Crippen molar-refractivity contribution in [2.45, 2.75) is 48.8 Å². The van der Waals surface area contributed by atoms with Crippen LogP contribution in [-0.4, -0.2) is 102 Å². The van der Waals surface area contributed by atoms with Crippen molar-refractivity contribution in [1.29, 1.82) is 0 Å². The van der Waals surface area contributed by atoms with Gasteiger partial charge in [0.25, 0.3) is 5.91 Å². The number of aldehydes is 1. The monoisotopic (exact) mass is 323 g/mol. The SMILES string of the molecule is O=C[C@H]1NC(=O)C(O)C(O)C(O)C(O)C(O)C(O)C(O)C1=O. The highest BCUT2D eigenvalue weighted by Crippen LogP contribution is 2.15. The summed E-state index contributed by atoms with van der Waals surface area (Å²) in [5, 5.41) is 68.6. The van der Waals surface area contributed by atoms with E-state index in [1.54, 1.807) is 5.32 Å². The van der Waals surface area contributed by atoms with Crippen molar-refractivity contribution in [1.82, 2.24) is 5.32 Å². The minimum Gasteiger partial charge on any atom is -0.387 e. The molecule has 1 aliphatic heterocycles. The fourth-order valence-electron chi connectivity index (χ4n) is 1.90. The van der Waals surface area contributed by atoms with Crippen molar-refractivity contribution in [3.63, 3.8) is 0 Å². The molecule has 1 rings (SSSR count). The molecule has 0 aromatic carbocycles. The van der Waals surface area contributed by atoms with Crippen molar-refractivity contribution in [3.05, 3.63) is 0 Å². The maximum atomic E-state index is 11.7. The topological polar surface area (TPSA) is 205 Å². The molecule has 22 heavy (non-hydrogen) atoms. The largest absolute Gasteiger partial charge is 0.387 e. The molecule has 7 unspecified atom stereocenters. The van der Waals surface area contributed by atoms with Crippen molar-refractivity contribution in [2.24, 2.45) is 0 Å². The van der Waals surface area contributed by atoms with Gasteiger partial charge >= 0.3 is 0 Å². The van der Waals surface area contributed by atoms with Gasteiger partial charge in [0.2, 0.25) is 0 Å². The molecular weight excluding hydrogens is 306 g/mol. The first-order chi connectivity index (χ1) is 10.1. The van der Waals surface area contributed by atoms with Gasteiger partial charge in [-0.2, -0.15) is 0 Å². The number of aliphatic hydroxyl groups is 7. The molecule has 0 radical (unpaired) electrons. The summed E-state index contributed by atoms with van der Waals surface area (Å²) in [7, 11) is 0. The Labute approximate surface area is 123 Å². The Balaban J connectivity index is 3.23.